The maximum absolute atomic E-state index is 12.2. The third-order valence-electron chi connectivity index (χ3n) is 3.07. The highest BCUT2D eigenvalue weighted by molar-refractivity contribution is 5.68. The third kappa shape index (κ3) is 6.36. The molecule has 1 aliphatic rings. The van der Waals surface area contributed by atoms with Crippen molar-refractivity contribution in [2.75, 3.05) is 13.1 Å². The summed E-state index contributed by atoms with van der Waals surface area (Å²) < 4.78 is 41.8. The first-order chi connectivity index (χ1) is 9.99. The smallest absolute Gasteiger partial charge is 0.430 e. The zero-order valence-electron chi connectivity index (χ0n) is 13.0. The first-order valence-electron chi connectivity index (χ1n) is 7.09. The van der Waals surface area contributed by atoms with Crippen molar-refractivity contribution in [3.8, 4) is 0 Å². The number of nitrogens with two attached hydrogens (primary N) is 1. The number of likely N-dealkylation sites (tertiary alicyclic amines) is 1. The van der Waals surface area contributed by atoms with Crippen molar-refractivity contribution in [2.24, 2.45) is 5.73 Å². The lowest BCUT2D eigenvalue weighted by Gasteiger charge is -2.30. The lowest BCUT2D eigenvalue weighted by Crippen LogP contribution is -2.78. The standard InChI is InChI=1S/C14H22F3N3O2/c1-13(2,3)22-12(21)20-8-5-10(6-9-20)19-7-4-11(18)14(15,16)17/h4,7,10H,5-6,8-9,18H2,1-3H3/p+1. The Kier molecular flexibility index (Phi) is 5.85. The van der Waals surface area contributed by atoms with Crippen LogP contribution in [0, 0.1) is 0 Å². The number of piperidine rings is 1. The average molecular weight is 322 g/mol. The third-order valence-corrected chi connectivity index (χ3v) is 3.07. The Morgan fingerprint density at radius 3 is 2.27 bits per heavy atom. The second-order valence-corrected chi connectivity index (χ2v) is 6.19. The van der Waals surface area contributed by atoms with Crippen molar-refractivity contribution in [2.45, 2.75) is 51.4 Å². The molecule has 0 aromatic carbocycles. The molecule has 0 radical (unpaired) electrons. The van der Waals surface area contributed by atoms with Crippen LogP contribution in [0.4, 0.5) is 18.0 Å². The molecule has 1 rings (SSSR count). The number of alkyl halides is 3. The lowest BCUT2D eigenvalue weighted by atomic mass is 10.1. The van der Waals surface area contributed by atoms with Gasteiger partial charge in [0, 0.05) is 32.0 Å². The normalized spacial score (nSPS) is 18.8. The SMILES string of the molecule is CC(C)(C)OC(=O)N1CCC([NH+]=CC=C(N)C(F)(F)F)CC1. The summed E-state index contributed by atoms with van der Waals surface area (Å²) in [6, 6.07) is 0.0102. The number of hydrogen-bond acceptors (Lipinski definition) is 3. The Morgan fingerprint density at radius 2 is 1.82 bits per heavy atom. The molecule has 0 bridgehead atoms. The average Bonchev–Trinajstić information content (AvgIpc) is 2.36. The molecule has 1 amide bonds. The number of ether oxygens (including phenoxy) is 1. The molecule has 1 aliphatic heterocycles. The minimum Gasteiger partial charge on any atom is -0.444 e. The maximum atomic E-state index is 12.2. The zero-order valence-corrected chi connectivity index (χ0v) is 13.0. The topological polar surface area (TPSA) is 69.5 Å². The highest BCUT2D eigenvalue weighted by Gasteiger charge is 2.31. The number of carbonyl (C=O) groups is 1. The van der Waals surface area contributed by atoms with Crippen molar-refractivity contribution >= 4 is 12.3 Å². The molecule has 1 saturated heterocycles. The largest absolute Gasteiger partial charge is 0.444 e. The lowest BCUT2D eigenvalue weighted by molar-refractivity contribution is -0.502. The Bertz CT molecular complexity index is 445. The fourth-order valence-electron chi connectivity index (χ4n) is 1.92. The second-order valence-electron chi connectivity index (χ2n) is 6.19. The quantitative estimate of drug-likeness (QED) is 0.744. The van der Waals surface area contributed by atoms with Gasteiger partial charge in [0.2, 0.25) is 0 Å². The van der Waals surface area contributed by atoms with E-state index in [4.69, 9.17) is 10.5 Å². The van der Waals surface area contributed by atoms with Crippen LogP contribution in [0.5, 0.6) is 0 Å². The van der Waals surface area contributed by atoms with Crippen LogP contribution in [0.2, 0.25) is 0 Å². The molecule has 1 heterocycles. The first-order valence-corrected chi connectivity index (χ1v) is 7.09. The van der Waals surface area contributed by atoms with Gasteiger partial charge < -0.3 is 15.4 Å². The van der Waals surface area contributed by atoms with Gasteiger partial charge in [-0.15, -0.1) is 0 Å². The van der Waals surface area contributed by atoms with Crippen molar-refractivity contribution in [3.05, 3.63) is 11.8 Å². The summed E-state index contributed by atoms with van der Waals surface area (Å²) in [5.74, 6) is 0. The fourth-order valence-corrected chi connectivity index (χ4v) is 1.92. The number of nitrogens with one attached hydrogen (secondary N) is 1. The molecular weight excluding hydrogens is 299 g/mol. The summed E-state index contributed by atoms with van der Waals surface area (Å²) in [6.07, 6.45) is -1.60. The minimum atomic E-state index is -4.52. The van der Waals surface area contributed by atoms with E-state index < -0.39 is 17.5 Å². The summed E-state index contributed by atoms with van der Waals surface area (Å²) in [5, 5.41) is 0. The Morgan fingerprint density at radius 1 is 1.27 bits per heavy atom. The highest BCUT2D eigenvalue weighted by Crippen LogP contribution is 2.20. The van der Waals surface area contributed by atoms with E-state index in [0.29, 0.717) is 25.9 Å². The van der Waals surface area contributed by atoms with Gasteiger partial charge in [-0.05, 0) is 20.8 Å². The van der Waals surface area contributed by atoms with Crippen LogP contribution in [0.1, 0.15) is 33.6 Å². The Hall–Kier alpha value is -1.73. The van der Waals surface area contributed by atoms with Gasteiger partial charge in [0.25, 0.3) is 0 Å². The molecule has 0 spiro atoms. The van der Waals surface area contributed by atoms with Gasteiger partial charge in [-0.2, -0.15) is 13.2 Å². The van der Waals surface area contributed by atoms with Gasteiger partial charge in [-0.25, -0.2) is 9.79 Å². The fraction of sp³-hybridized carbons (Fsp3) is 0.714. The van der Waals surface area contributed by atoms with Crippen molar-refractivity contribution in [1.29, 1.82) is 0 Å². The van der Waals surface area contributed by atoms with E-state index in [2.05, 4.69) is 4.99 Å². The Labute approximate surface area is 128 Å². The Balaban J connectivity index is 2.45. The number of nitrogens with zero attached hydrogens (tertiary/aromatic N) is 1. The van der Waals surface area contributed by atoms with Gasteiger partial charge in [-0.1, -0.05) is 0 Å². The summed E-state index contributed by atoms with van der Waals surface area (Å²) in [5.41, 5.74) is 3.19. The van der Waals surface area contributed by atoms with Crippen LogP contribution < -0.4 is 10.7 Å². The monoisotopic (exact) mass is 322 g/mol. The van der Waals surface area contributed by atoms with E-state index in [1.807, 2.05) is 0 Å². The number of allylic oxidation sites excluding steroid dienone is 2. The van der Waals surface area contributed by atoms with Crippen LogP contribution >= 0.6 is 0 Å². The molecule has 126 valence electrons. The minimum absolute atomic E-state index is 0.0102. The van der Waals surface area contributed by atoms with Gasteiger partial charge in [-0.3, -0.25) is 0 Å². The van der Waals surface area contributed by atoms with Crippen molar-refractivity contribution in [3.63, 3.8) is 0 Å². The molecule has 8 heteroatoms. The number of hydrogen-bond donors (Lipinski definition) is 2. The highest BCUT2D eigenvalue weighted by atomic mass is 19.4. The van der Waals surface area contributed by atoms with E-state index in [1.165, 1.54) is 6.21 Å². The van der Waals surface area contributed by atoms with Crippen LogP contribution in [-0.4, -0.2) is 48.1 Å². The van der Waals surface area contributed by atoms with Gasteiger partial charge in [0.1, 0.15) is 11.3 Å². The summed E-state index contributed by atoms with van der Waals surface area (Å²) in [4.78, 5) is 16.3. The van der Waals surface area contributed by atoms with E-state index >= 15 is 0 Å². The second kappa shape index (κ2) is 7.02. The van der Waals surface area contributed by atoms with Gasteiger partial charge in [0.15, 0.2) is 12.3 Å². The molecule has 0 atom stereocenters. The predicted octanol–water partition coefficient (Wildman–Crippen LogP) is 0.942. The molecule has 5 nitrogen and oxygen atoms in total. The summed E-state index contributed by atoms with van der Waals surface area (Å²) >= 11 is 0. The molecule has 0 aromatic heterocycles. The molecule has 0 aromatic rings. The predicted molar refractivity (Wildman–Crippen MR) is 76.2 cm³/mol. The van der Waals surface area contributed by atoms with E-state index in [-0.39, 0.29) is 12.1 Å². The molecular formula is C14H23F3N3O2+. The van der Waals surface area contributed by atoms with Crippen LogP contribution in [0.3, 0.4) is 0 Å². The number of amides is 1. The van der Waals surface area contributed by atoms with Gasteiger partial charge in [0.05, 0.1) is 0 Å². The molecule has 1 fully saturated rings. The molecule has 0 saturated carbocycles. The van der Waals surface area contributed by atoms with E-state index in [9.17, 15) is 18.0 Å². The molecule has 22 heavy (non-hydrogen) atoms. The van der Waals surface area contributed by atoms with Crippen LogP contribution in [0.25, 0.3) is 0 Å². The van der Waals surface area contributed by atoms with Crippen LogP contribution in [-0.2, 0) is 4.74 Å². The van der Waals surface area contributed by atoms with Crippen molar-refractivity contribution < 1.29 is 27.7 Å². The number of carbonyl (C=O) groups excluding carboxylic acids is 1. The zero-order chi connectivity index (χ0) is 17.0. The van der Waals surface area contributed by atoms with E-state index in [0.717, 1.165) is 6.08 Å². The molecule has 3 N–H and O–H groups in total. The van der Waals surface area contributed by atoms with Crippen molar-refractivity contribution in [1.82, 2.24) is 4.90 Å². The first kappa shape index (κ1) is 18.3. The molecule has 0 aliphatic carbocycles. The van der Waals surface area contributed by atoms with Gasteiger partial charge >= 0.3 is 12.3 Å². The maximum Gasteiger partial charge on any atom is 0.430 e. The van der Waals surface area contributed by atoms with Crippen LogP contribution in [0.15, 0.2) is 11.8 Å². The summed E-state index contributed by atoms with van der Waals surface area (Å²) in [7, 11) is 0. The number of halogens is 3. The van der Waals surface area contributed by atoms with E-state index in [1.54, 1.807) is 25.7 Å². The summed E-state index contributed by atoms with van der Waals surface area (Å²) in [6.45, 7) is 6.39. The molecule has 0 unspecified atom stereocenters. The number of rotatable bonds is 2.